The van der Waals surface area contributed by atoms with Gasteiger partial charge in [0.1, 0.15) is 23.5 Å². The number of anilines is 2. The fourth-order valence-electron chi connectivity index (χ4n) is 1.96. The van der Waals surface area contributed by atoms with E-state index in [9.17, 15) is 13.2 Å². The molecule has 0 amide bonds. The molecule has 1 fully saturated rings. The van der Waals surface area contributed by atoms with E-state index in [1.54, 1.807) is 0 Å². The third-order valence-electron chi connectivity index (χ3n) is 3.23. The Morgan fingerprint density at radius 3 is 2.42 bits per heavy atom. The average molecular weight is 275 g/mol. The van der Waals surface area contributed by atoms with Gasteiger partial charge in [-0.2, -0.15) is 13.2 Å². The summed E-state index contributed by atoms with van der Waals surface area (Å²) in [5, 5.41) is 2.53. The van der Waals surface area contributed by atoms with Gasteiger partial charge >= 0.3 is 6.18 Å². The van der Waals surface area contributed by atoms with E-state index in [1.807, 2.05) is 6.92 Å². The summed E-state index contributed by atoms with van der Waals surface area (Å²) >= 11 is 0. The number of nitrogen functional groups attached to an aromatic ring is 1. The number of hydrogen-bond acceptors (Lipinski definition) is 5. The Kier molecular flexibility index (Phi) is 3.53. The van der Waals surface area contributed by atoms with Crippen LogP contribution in [0.2, 0.25) is 0 Å². The zero-order chi connectivity index (χ0) is 14.1. The Morgan fingerprint density at radius 1 is 1.32 bits per heavy atom. The van der Waals surface area contributed by atoms with Gasteiger partial charge in [-0.05, 0) is 19.3 Å². The van der Waals surface area contributed by atoms with Gasteiger partial charge in [0.05, 0.1) is 0 Å². The van der Waals surface area contributed by atoms with Gasteiger partial charge < -0.3 is 10.7 Å². The highest BCUT2D eigenvalue weighted by molar-refractivity contribution is 5.59. The standard InChI is InChI=1S/C11H16F3N5/c1-2-3-7-8(16-6-17-9(7)19-15)18-10(4-5-10)11(12,13)14/h6H,2-5,15H2,1H3,(H2,16,17,18,19). The zero-order valence-corrected chi connectivity index (χ0v) is 10.5. The molecule has 1 aliphatic carbocycles. The van der Waals surface area contributed by atoms with Gasteiger partial charge in [-0.1, -0.05) is 13.3 Å². The predicted octanol–water partition coefficient (Wildman–Crippen LogP) is 2.22. The Balaban J connectivity index is 2.30. The third kappa shape index (κ3) is 2.58. The van der Waals surface area contributed by atoms with Crippen molar-refractivity contribution in [1.82, 2.24) is 9.97 Å². The fourth-order valence-corrected chi connectivity index (χ4v) is 1.96. The summed E-state index contributed by atoms with van der Waals surface area (Å²) < 4.78 is 38.8. The van der Waals surface area contributed by atoms with E-state index < -0.39 is 11.7 Å². The van der Waals surface area contributed by atoms with Gasteiger partial charge in [0.25, 0.3) is 0 Å². The summed E-state index contributed by atoms with van der Waals surface area (Å²) in [7, 11) is 0. The second-order valence-electron chi connectivity index (χ2n) is 4.65. The summed E-state index contributed by atoms with van der Waals surface area (Å²) in [6.45, 7) is 1.92. The first-order valence-corrected chi connectivity index (χ1v) is 6.09. The highest BCUT2D eigenvalue weighted by Crippen LogP contribution is 2.51. The zero-order valence-electron chi connectivity index (χ0n) is 10.5. The lowest BCUT2D eigenvalue weighted by Gasteiger charge is -2.23. The summed E-state index contributed by atoms with van der Waals surface area (Å²) in [4.78, 5) is 7.85. The molecule has 0 unspecified atom stereocenters. The Labute approximate surface area is 108 Å². The van der Waals surface area contributed by atoms with E-state index in [4.69, 9.17) is 5.84 Å². The van der Waals surface area contributed by atoms with E-state index in [1.165, 1.54) is 6.33 Å². The van der Waals surface area contributed by atoms with E-state index in [0.717, 1.165) is 6.42 Å². The highest BCUT2D eigenvalue weighted by atomic mass is 19.4. The van der Waals surface area contributed by atoms with Gasteiger partial charge in [0.2, 0.25) is 0 Å². The number of aromatic nitrogens is 2. The molecule has 0 spiro atoms. The molecule has 2 rings (SSSR count). The quantitative estimate of drug-likeness (QED) is 0.567. The SMILES string of the molecule is CCCc1c(NN)ncnc1NC1(C(F)(F)F)CC1. The molecule has 1 aliphatic rings. The number of rotatable bonds is 5. The molecule has 0 aromatic carbocycles. The second kappa shape index (κ2) is 4.84. The van der Waals surface area contributed by atoms with Crippen LogP contribution in [0.3, 0.4) is 0 Å². The molecule has 0 saturated heterocycles. The van der Waals surface area contributed by atoms with Crippen molar-refractivity contribution in [2.75, 3.05) is 10.7 Å². The third-order valence-corrected chi connectivity index (χ3v) is 3.23. The van der Waals surface area contributed by atoms with Crippen molar-refractivity contribution in [1.29, 1.82) is 0 Å². The van der Waals surface area contributed by atoms with E-state index >= 15 is 0 Å². The number of hydrogen-bond donors (Lipinski definition) is 3. The normalized spacial score (nSPS) is 17.1. The van der Waals surface area contributed by atoms with Crippen molar-refractivity contribution in [2.24, 2.45) is 5.84 Å². The van der Waals surface area contributed by atoms with E-state index in [2.05, 4.69) is 20.7 Å². The Bertz CT molecular complexity index is 456. The van der Waals surface area contributed by atoms with Gasteiger partial charge in [0.15, 0.2) is 0 Å². The van der Waals surface area contributed by atoms with Crippen molar-refractivity contribution in [3.63, 3.8) is 0 Å². The van der Waals surface area contributed by atoms with Gasteiger partial charge in [-0.15, -0.1) is 0 Å². The lowest BCUT2D eigenvalue weighted by molar-refractivity contribution is -0.151. The lowest BCUT2D eigenvalue weighted by Crippen LogP contribution is -2.39. The maximum atomic E-state index is 12.9. The molecular weight excluding hydrogens is 259 g/mol. The molecule has 1 aromatic rings. The number of nitrogens with zero attached hydrogens (tertiary/aromatic N) is 2. The van der Waals surface area contributed by atoms with Crippen LogP contribution in [0.5, 0.6) is 0 Å². The smallest absolute Gasteiger partial charge is 0.356 e. The molecule has 0 radical (unpaired) electrons. The molecule has 1 aromatic heterocycles. The summed E-state index contributed by atoms with van der Waals surface area (Å²) in [6, 6.07) is 0. The molecule has 1 saturated carbocycles. The van der Waals surface area contributed by atoms with E-state index in [-0.39, 0.29) is 18.7 Å². The van der Waals surface area contributed by atoms with Crippen molar-refractivity contribution in [3.8, 4) is 0 Å². The average Bonchev–Trinajstić information content (AvgIpc) is 3.12. The van der Waals surface area contributed by atoms with Crippen LogP contribution in [0.1, 0.15) is 31.7 Å². The molecule has 0 atom stereocenters. The number of hydrazine groups is 1. The first-order valence-electron chi connectivity index (χ1n) is 6.09. The van der Waals surface area contributed by atoms with Crippen molar-refractivity contribution in [3.05, 3.63) is 11.9 Å². The fraction of sp³-hybridized carbons (Fsp3) is 0.636. The lowest BCUT2D eigenvalue weighted by atomic mass is 10.1. The number of alkyl halides is 3. The van der Waals surface area contributed by atoms with Crippen molar-refractivity contribution in [2.45, 2.75) is 44.3 Å². The summed E-state index contributed by atoms with van der Waals surface area (Å²) in [5.74, 6) is 5.89. The van der Waals surface area contributed by atoms with Crippen LogP contribution in [0.4, 0.5) is 24.8 Å². The van der Waals surface area contributed by atoms with Crippen LogP contribution in [0, 0.1) is 0 Å². The Hall–Kier alpha value is -1.57. The minimum atomic E-state index is -4.28. The molecule has 0 bridgehead atoms. The van der Waals surface area contributed by atoms with Crippen LogP contribution < -0.4 is 16.6 Å². The maximum absolute atomic E-state index is 12.9. The molecule has 19 heavy (non-hydrogen) atoms. The summed E-state index contributed by atoms with van der Waals surface area (Å²) in [5.41, 5.74) is 1.14. The van der Waals surface area contributed by atoms with Gasteiger partial charge in [-0.3, -0.25) is 0 Å². The molecule has 1 heterocycles. The van der Waals surface area contributed by atoms with Crippen LogP contribution >= 0.6 is 0 Å². The number of halogens is 3. The molecule has 5 nitrogen and oxygen atoms in total. The van der Waals surface area contributed by atoms with Crippen LogP contribution in [-0.4, -0.2) is 21.7 Å². The second-order valence-corrected chi connectivity index (χ2v) is 4.65. The van der Waals surface area contributed by atoms with E-state index in [0.29, 0.717) is 17.8 Å². The first kappa shape index (κ1) is 13.9. The Morgan fingerprint density at radius 2 is 1.95 bits per heavy atom. The first-order chi connectivity index (χ1) is 8.93. The number of nitrogens with one attached hydrogen (secondary N) is 2. The van der Waals surface area contributed by atoms with Gasteiger partial charge in [0, 0.05) is 5.56 Å². The monoisotopic (exact) mass is 275 g/mol. The maximum Gasteiger partial charge on any atom is 0.411 e. The largest absolute Gasteiger partial charge is 0.411 e. The highest BCUT2D eigenvalue weighted by Gasteiger charge is 2.63. The van der Waals surface area contributed by atoms with Crippen molar-refractivity contribution < 1.29 is 13.2 Å². The minimum absolute atomic E-state index is 0.0669. The minimum Gasteiger partial charge on any atom is -0.356 e. The molecule has 8 heteroatoms. The van der Waals surface area contributed by atoms with Crippen molar-refractivity contribution >= 4 is 11.6 Å². The summed E-state index contributed by atoms with van der Waals surface area (Å²) in [6.07, 6.45) is -1.64. The topological polar surface area (TPSA) is 75.9 Å². The molecule has 4 N–H and O–H groups in total. The molecule has 106 valence electrons. The van der Waals surface area contributed by atoms with Gasteiger partial charge in [-0.25, -0.2) is 15.8 Å². The van der Waals surface area contributed by atoms with Crippen LogP contribution in [0.15, 0.2) is 6.33 Å². The van der Waals surface area contributed by atoms with Crippen LogP contribution in [-0.2, 0) is 6.42 Å². The molecular formula is C11H16F3N5. The number of nitrogens with two attached hydrogens (primary N) is 1. The molecule has 0 aliphatic heterocycles. The predicted molar refractivity (Wildman–Crippen MR) is 65.5 cm³/mol. The van der Waals surface area contributed by atoms with Crippen LogP contribution in [0.25, 0.3) is 0 Å².